The van der Waals surface area contributed by atoms with Crippen molar-refractivity contribution in [3.8, 4) is 0 Å². The van der Waals surface area contributed by atoms with Crippen molar-refractivity contribution < 1.29 is 13.2 Å². The number of carbonyl (C=O) groups is 1. The molecule has 0 atom stereocenters. The van der Waals surface area contributed by atoms with Gasteiger partial charge in [-0.1, -0.05) is 74.1 Å². The molecule has 0 unspecified atom stereocenters. The summed E-state index contributed by atoms with van der Waals surface area (Å²) >= 11 is 1.48. The van der Waals surface area contributed by atoms with Crippen LogP contribution in [0, 0.1) is 6.92 Å². The van der Waals surface area contributed by atoms with Gasteiger partial charge in [-0.15, -0.1) is 0 Å². The van der Waals surface area contributed by atoms with E-state index in [4.69, 9.17) is 4.98 Å². The first-order valence-corrected chi connectivity index (χ1v) is 14.4. The lowest BCUT2D eigenvalue weighted by Crippen LogP contribution is -2.32. The summed E-state index contributed by atoms with van der Waals surface area (Å²) in [7, 11) is -3.61. The Hall–Kier alpha value is -3.07. The van der Waals surface area contributed by atoms with E-state index in [1.165, 1.54) is 27.8 Å². The predicted molar refractivity (Wildman–Crippen MR) is 147 cm³/mol. The van der Waals surface area contributed by atoms with Gasteiger partial charge in [-0.05, 0) is 54.8 Å². The number of aryl methyl sites for hydroxylation is 1. The molecule has 1 aromatic heterocycles. The minimum absolute atomic E-state index is 0.197. The summed E-state index contributed by atoms with van der Waals surface area (Å²) < 4.78 is 28.7. The van der Waals surface area contributed by atoms with E-state index in [0.29, 0.717) is 30.3 Å². The Labute approximate surface area is 217 Å². The number of benzene rings is 3. The highest BCUT2D eigenvalue weighted by atomic mass is 32.2. The molecule has 4 aromatic rings. The molecule has 6 nitrogen and oxygen atoms in total. The Bertz CT molecular complexity index is 1430. The number of aromatic nitrogens is 1. The van der Waals surface area contributed by atoms with Gasteiger partial charge in [0, 0.05) is 18.7 Å². The number of rotatable bonds is 10. The SMILES string of the molecule is CCCCN(CC)S(=O)(=O)c1ccc(C(=O)N(Cc2ccccc2)c2nc3c(C)cccc3s2)cc1. The minimum atomic E-state index is -3.61. The van der Waals surface area contributed by atoms with E-state index < -0.39 is 10.0 Å². The second-order valence-corrected chi connectivity index (χ2v) is 11.6. The van der Waals surface area contributed by atoms with Crippen LogP contribution in [0.3, 0.4) is 0 Å². The fraction of sp³-hybridized carbons (Fsp3) is 0.286. The zero-order chi connectivity index (χ0) is 25.7. The van der Waals surface area contributed by atoms with E-state index in [1.807, 2.05) is 69.3 Å². The topological polar surface area (TPSA) is 70.6 Å². The zero-order valence-electron chi connectivity index (χ0n) is 20.8. The van der Waals surface area contributed by atoms with Crippen LogP contribution < -0.4 is 4.90 Å². The van der Waals surface area contributed by atoms with E-state index >= 15 is 0 Å². The Morgan fingerprint density at radius 1 is 0.944 bits per heavy atom. The van der Waals surface area contributed by atoms with Crippen LogP contribution in [0.5, 0.6) is 0 Å². The largest absolute Gasteiger partial charge is 0.279 e. The summed E-state index contributed by atoms with van der Waals surface area (Å²) in [5.41, 5.74) is 3.34. The van der Waals surface area contributed by atoms with Gasteiger partial charge in [-0.3, -0.25) is 9.69 Å². The van der Waals surface area contributed by atoms with Crippen LogP contribution in [-0.4, -0.2) is 36.7 Å². The highest BCUT2D eigenvalue weighted by Gasteiger charge is 2.25. The average Bonchev–Trinajstić information content (AvgIpc) is 3.33. The van der Waals surface area contributed by atoms with Crippen molar-refractivity contribution in [1.29, 1.82) is 0 Å². The lowest BCUT2D eigenvalue weighted by atomic mass is 10.1. The normalized spacial score (nSPS) is 11.8. The van der Waals surface area contributed by atoms with Crippen molar-refractivity contribution >= 4 is 42.6 Å². The van der Waals surface area contributed by atoms with Crippen molar-refractivity contribution in [2.75, 3.05) is 18.0 Å². The lowest BCUT2D eigenvalue weighted by Gasteiger charge is -2.22. The summed E-state index contributed by atoms with van der Waals surface area (Å²) in [5.74, 6) is -0.224. The summed E-state index contributed by atoms with van der Waals surface area (Å²) in [6, 6.07) is 22.0. The van der Waals surface area contributed by atoms with Crippen LogP contribution in [0.15, 0.2) is 77.7 Å². The van der Waals surface area contributed by atoms with E-state index in [9.17, 15) is 13.2 Å². The summed E-state index contributed by atoms with van der Waals surface area (Å²) in [6.45, 7) is 7.14. The minimum Gasteiger partial charge on any atom is -0.279 e. The molecular formula is C28H31N3O3S2. The summed E-state index contributed by atoms with van der Waals surface area (Å²) in [6.07, 6.45) is 1.72. The highest BCUT2D eigenvalue weighted by Crippen LogP contribution is 2.32. The van der Waals surface area contributed by atoms with Crippen molar-refractivity contribution in [2.24, 2.45) is 0 Å². The van der Waals surface area contributed by atoms with E-state index in [-0.39, 0.29) is 10.8 Å². The highest BCUT2D eigenvalue weighted by molar-refractivity contribution is 7.89. The molecule has 0 N–H and O–H groups in total. The Morgan fingerprint density at radius 2 is 1.67 bits per heavy atom. The first-order chi connectivity index (χ1) is 17.3. The number of thiazole rings is 1. The number of anilines is 1. The van der Waals surface area contributed by atoms with Crippen LogP contribution in [0.1, 0.15) is 48.2 Å². The smallest absolute Gasteiger partial charge is 0.260 e. The van der Waals surface area contributed by atoms with Gasteiger partial charge in [0.05, 0.1) is 21.7 Å². The molecule has 4 rings (SSSR count). The monoisotopic (exact) mass is 521 g/mol. The van der Waals surface area contributed by atoms with Crippen LogP contribution >= 0.6 is 11.3 Å². The molecule has 0 spiro atoms. The number of hydrogen-bond acceptors (Lipinski definition) is 5. The summed E-state index contributed by atoms with van der Waals surface area (Å²) in [5, 5.41) is 0.613. The molecule has 0 fully saturated rings. The molecule has 1 heterocycles. The fourth-order valence-electron chi connectivity index (χ4n) is 4.04. The number of amides is 1. The molecule has 0 bridgehead atoms. The van der Waals surface area contributed by atoms with Crippen molar-refractivity contribution in [1.82, 2.24) is 9.29 Å². The van der Waals surface area contributed by atoms with Crippen molar-refractivity contribution in [2.45, 2.75) is 45.1 Å². The van der Waals surface area contributed by atoms with Gasteiger partial charge in [0.1, 0.15) is 0 Å². The molecule has 0 saturated heterocycles. The Kier molecular flexibility index (Phi) is 8.18. The van der Waals surface area contributed by atoms with Crippen molar-refractivity contribution in [3.63, 3.8) is 0 Å². The third-order valence-electron chi connectivity index (χ3n) is 6.12. The second-order valence-electron chi connectivity index (χ2n) is 8.67. The van der Waals surface area contributed by atoms with Gasteiger partial charge in [0.25, 0.3) is 5.91 Å². The van der Waals surface area contributed by atoms with Gasteiger partial charge >= 0.3 is 0 Å². The van der Waals surface area contributed by atoms with Gasteiger partial charge in [0.2, 0.25) is 10.0 Å². The van der Waals surface area contributed by atoms with Gasteiger partial charge in [-0.25, -0.2) is 13.4 Å². The first kappa shape index (κ1) is 26.0. The van der Waals surface area contributed by atoms with Crippen molar-refractivity contribution in [3.05, 3.63) is 89.5 Å². The molecule has 0 aliphatic rings. The molecule has 36 heavy (non-hydrogen) atoms. The van der Waals surface area contributed by atoms with Crippen LogP contribution in [-0.2, 0) is 16.6 Å². The van der Waals surface area contributed by atoms with Crippen LogP contribution in [0.25, 0.3) is 10.2 Å². The Morgan fingerprint density at radius 3 is 2.31 bits per heavy atom. The molecule has 188 valence electrons. The van der Waals surface area contributed by atoms with Gasteiger partial charge in [-0.2, -0.15) is 4.31 Å². The Balaban J connectivity index is 1.67. The molecule has 0 aliphatic carbocycles. The van der Waals surface area contributed by atoms with E-state index in [0.717, 1.165) is 34.2 Å². The third-order valence-corrected chi connectivity index (χ3v) is 9.15. The molecule has 3 aromatic carbocycles. The van der Waals surface area contributed by atoms with E-state index in [1.54, 1.807) is 17.0 Å². The molecule has 1 amide bonds. The van der Waals surface area contributed by atoms with Gasteiger partial charge < -0.3 is 0 Å². The van der Waals surface area contributed by atoms with Crippen LogP contribution in [0.4, 0.5) is 5.13 Å². The number of carbonyl (C=O) groups excluding carboxylic acids is 1. The summed E-state index contributed by atoms with van der Waals surface area (Å²) in [4.78, 5) is 20.4. The molecule has 0 radical (unpaired) electrons. The predicted octanol–water partition coefficient (Wildman–Crippen LogP) is 6.26. The molecule has 0 saturated carbocycles. The zero-order valence-corrected chi connectivity index (χ0v) is 22.5. The molecule has 0 aliphatic heterocycles. The number of nitrogens with zero attached hydrogens (tertiary/aromatic N) is 3. The van der Waals surface area contributed by atoms with Crippen LogP contribution in [0.2, 0.25) is 0 Å². The number of fused-ring (bicyclic) bond motifs is 1. The number of unbranched alkanes of at least 4 members (excludes halogenated alkanes) is 1. The quantitative estimate of drug-likeness (QED) is 0.247. The van der Waals surface area contributed by atoms with E-state index in [2.05, 4.69) is 0 Å². The second kappa shape index (κ2) is 11.3. The first-order valence-electron chi connectivity index (χ1n) is 12.2. The maximum absolute atomic E-state index is 13.7. The third kappa shape index (κ3) is 5.51. The number of para-hydroxylation sites is 1. The maximum atomic E-state index is 13.7. The van der Waals surface area contributed by atoms with Gasteiger partial charge in [0.15, 0.2) is 5.13 Å². The number of hydrogen-bond donors (Lipinski definition) is 0. The molecular weight excluding hydrogens is 490 g/mol. The molecule has 8 heteroatoms. The maximum Gasteiger partial charge on any atom is 0.260 e. The lowest BCUT2D eigenvalue weighted by molar-refractivity contribution is 0.0985. The average molecular weight is 522 g/mol. The fourth-order valence-corrected chi connectivity index (χ4v) is 6.57. The standard InChI is InChI=1S/C28H31N3O3S2/c1-4-6-19-30(5-2)36(33,34)24-17-15-23(16-18-24)27(32)31(20-22-12-8-7-9-13-22)28-29-26-21(3)11-10-14-25(26)35-28/h7-18H,4-6,19-20H2,1-3H3. The number of sulfonamides is 1.